The number of benzene rings is 1. The van der Waals surface area contributed by atoms with Gasteiger partial charge in [-0.25, -0.2) is 4.68 Å². The summed E-state index contributed by atoms with van der Waals surface area (Å²) < 4.78 is 1.49. The standard InChI is InChI=1S/C21H29N3O2/c1-3-5-10-15-24-20(25)18-14-9-8-13-17(18)19(22-24)21(26)23(4-2)16-11-6-7-12-16/h8-9,13-14,16H,3-7,10-12,15H2,1-2H3. The average Bonchev–Trinajstić information content (AvgIpc) is 3.19. The molecule has 0 unspecified atom stereocenters. The lowest BCUT2D eigenvalue weighted by molar-refractivity contribution is 0.0687. The molecule has 2 aromatic rings. The van der Waals surface area contributed by atoms with E-state index in [1.807, 2.05) is 30.0 Å². The third-order valence-electron chi connectivity index (χ3n) is 5.41. The van der Waals surface area contributed by atoms with Crippen molar-refractivity contribution in [2.45, 2.75) is 71.4 Å². The third kappa shape index (κ3) is 3.67. The second kappa shape index (κ2) is 8.47. The molecular formula is C21H29N3O2. The quantitative estimate of drug-likeness (QED) is 0.706. The van der Waals surface area contributed by atoms with Crippen molar-refractivity contribution in [2.24, 2.45) is 0 Å². The van der Waals surface area contributed by atoms with Gasteiger partial charge in [0.15, 0.2) is 5.69 Å². The summed E-state index contributed by atoms with van der Waals surface area (Å²) in [7, 11) is 0. The monoisotopic (exact) mass is 355 g/mol. The molecule has 5 nitrogen and oxygen atoms in total. The molecule has 0 atom stereocenters. The van der Waals surface area contributed by atoms with E-state index >= 15 is 0 Å². The van der Waals surface area contributed by atoms with Crippen LogP contribution in [0.25, 0.3) is 10.8 Å². The van der Waals surface area contributed by atoms with Crippen molar-refractivity contribution >= 4 is 16.7 Å². The molecule has 26 heavy (non-hydrogen) atoms. The zero-order chi connectivity index (χ0) is 18.5. The maximum absolute atomic E-state index is 13.3. The fourth-order valence-electron chi connectivity index (χ4n) is 3.98. The second-order valence-electron chi connectivity index (χ2n) is 7.16. The predicted octanol–water partition coefficient (Wildman–Crippen LogP) is 3.99. The Kier molecular flexibility index (Phi) is 6.07. The summed E-state index contributed by atoms with van der Waals surface area (Å²) in [6.45, 7) is 5.39. The molecule has 0 spiro atoms. The zero-order valence-corrected chi connectivity index (χ0v) is 15.9. The summed E-state index contributed by atoms with van der Waals surface area (Å²) in [6.07, 6.45) is 7.52. The van der Waals surface area contributed by atoms with Crippen LogP contribution in [0, 0.1) is 0 Å². The number of carbonyl (C=O) groups excluding carboxylic acids is 1. The number of unbranched alkanes of at least 4 members (excludes halogenated alkanes) is 2. The SMILES string of the molecule is CCCCCn1nc(C(=O)N(CC)C2CCCC2)c2ccccc2c1=O. The van der Waals surface area contributed by atoms with Gasteiger partial charge in [-0.2, -0.15) is 5.10 Å². The Balaban J connectivity index is 2.03. The molecule has 1 saturated carbocycles. The van der Waals surface area contributed by atoms with Gasteiger partial charge in [-0.1, -0.05) is 50.8 Å². The smallest absolute Gasteiger partial charge is 0.275 e. The largest absolute Gasteiger partial charge is 0.335 e. The van der Waals surface area contributed by atoms with E-state index in [2.05, 4.69) is 12.0 Å². The zero-order valence-electron chi connectivity index (χ0n) is 15.9. The van der Waals surface area contributed by atoms with Crippen molar-refractivity contribution in [1.82, 2.24) is 14.7 Å². The Bertz CT molecular complexity index is 822. The van der Waals surface area contributed by atoms with Crippen LogP contribution >= 0.6 is 0 Å². The Morgan fingerprint density at radius 2 is 1.85 bits per heavy atom. The highest BCUT2D eigenvalue weighted by atomic mass is 16.2. The lowest BCUT2D eigenvalue weighted by Gasteiger charge is -2.27. The molecule has 1 amide bonds. The van der Waals surface area contributed by atoms with Gasteiger partial charge in [0.1, 0.15) is 0 Å². The van der Waals surface area contributed by atoms with Gasteiger partial charge in [0.25, 0.3) is 11.5 Å². The van der Waals surface area contributed by atoms with E-state index in [0.29, 0.717) is 35.6 Å². The van der Waals surface area contributed by atoms with Crippen LogP contribution in [0.15, 0.2) is 29.1 Å². The number of nitrogens with zero attached hydrogens (tertiary/aromatic N) is 3. The highest BCUT2D eigenvalue weighted by Gasteiger charge is 2.28. The minimum absolute atomic E-state index is 0.0418. The van der Waals surface area contributed by atoms with Crippen LogP contribution in [0.2, 0.25) is 0 Å². The van der Waals surface area contributed by atoms with Crippen LogP contribution in [0.1, 0.15) is 69.3 Å². The summed E-state index contributed by atoms with van der Waals surface area (Å²) in [5.41, 5.74) is 0.322. The number of aryl methyl sites for hydroxylation is 1. The molecule has 140 valence electrons. The highest BCUT2D eigenvalue weighted by molar-refractivity contribution is 6.04. The first-order valence-electron chi connectivity index (χ1n) is 9.98. The number of hydrogen-bond donors (Lipinski definition) is 0. The van der Waals surface area contributed by atoms with Crippen molar-refractivity contribution in [3.8, 4) is 0 Å². The van der Waals surface area contributed by atoms with Crippen molar-refractivity contribution in [1.29, 1.82) is 0 Å². The van der Waals surface area contributed by atoms with E-state index < -0.39 is 0 Å². The van der Waals surface area contributed by atoms with Crippen LogP contribution in [-0.4, -0.2) is 33.2 Å². The average molecular weight is 355 g/mol. The molecule has 1 aromatic carbocycles. The van der Waals surface area contributed by atoms with Crippen LogP contribution < -0.4 is 5.56 Å². The summed E-state index contributed by atoms with van der Waals surface area (Å²) in [5, 5.41) is 5.79. The molecule has 1 fully saturated rings. The van der Waals surface area contributed by atoms with Gasteiger partial charge in [0.05, 0.1) is 5.39 Å². The number of aromatic nitrogens is 2. The lowest BCUT2D eigenvalue weighted by Crippen LogP contribution is -2.40. The fraction of sp³-hybridized carbons (Fsp3) is 0.571. The summed E-state index contributed by atoms with van der Waals surface area (Å²) >= 11 is 0. The number of carbonyl (C=O) groups is 1. The van der Waals surface area contributed by atoms with Gasteiger partial charge >= 0.3 is 0 Å². The number of hydrogen-bond acceptors (Lipinski definition) is 3. The molecule has 0 N–H and O–H groups in total. The number of fused-ring (bicyclic) bond motifs is 1. The van der Waals surface area contributed by atoms with E-state index in [0.717, 1.165) is 32.1 Å². The molecule has 0 aliphatic heterocycles. The van der Waals surface area contributed by atoms with Gasteiger partial charge in [-0.15, -0.1) is 0 Å². The van der Waals surface area contributed by atoms with Crippen LogP contribution in [0.3, 0.4) is 0 Å². The lowest BCUT2D eigenvalue weighted by atomic mass is 10.1. The highest BCUT2D eigenvalue weighted by Crippen LogP contribution is 2.25. The Morgan fingerprint density at radius 3 is 2.50 bits per heavy atom. The van der Waals surface area contributed by atoms with E-state index in [4.69, 9.17) is 0 Å². The van der Waals surface area contributed by atoms with Crippen LogP contribution in [0.5, 0.6) is 0 Å². The minimum atomic E-state index is -0.0998. The number of amides is 1. The molecule has 0 radical (unpaired) electrons. The van der Waals surface area contributed by atoms with Crippen molar-refractivity contribution in [2.75, 3.05) is 6.54 Å². The van der Waals surface area contributed by atoms with Gasteiger partial charge in [0.2, 0.25) is 0 Å². The van der Waals surface area contributed by atoms with Gasteiger partial charge < -0.3 is 4.90 Å². The fourth-order valence-corrected chi connectivity index (χ4v) is 3.98. The van der Waals surface area contributed by atoms with Gasteiger partial charge in [-0.3, -0.25) is 9.59 Å². The minimum Gasteiger partial charge on any atom is -0.335 e. The summed E-state index contributed by atoms with van der Waals surface area (Å²) in [5.74, 6) is -0.0418. The van der Waals surface area contributed by atoms with Crippen molar-refractivity contribution < 1.29 is 4.79 Å². The molecule has 0 saturated heterocycles. The Labute approximate surface area is 155 Å². The summed E-state index contributed by atoms with van der Waals surface area (Å²) in [4.78, 5) is 28.0. The molecule has 1 heterocycles. The van der Waals surface area contributed by atoms with E-state index in [9.17, 15) is 9.59 Å². The van der Waals surface area contributed by atoms with Crippen LogP contribution in [-0.2, 0) is 6.54 Å². The molecule has 1 aromatic heterocycles. The van der Waals surface area contributed by atoms with Gasteiger partial charge in [0, 0.05) is 24.5 Å². The predicted molar refractivity (Wildman–Crippen MR) is 104 cm³/mol. The maximum Gasteiger partial charge on any atom is 0.275 e. The van der Waals surface area contributed by atoms with E-state index in [1.54, 1.807) is 6.07 Å². The third-order valence-corrected chi connectivity index (χ3v) is 5.41. The number of rotatable bonds is 7. The molecule has 0 bridgehead atoms. The molecule has 3 rings (SSSR count). The van der Waals surface area contributed by atoms with E-state index in [1.165, 1.54) is 17.5 Å². The first-order chi connectivity index (χ1) is 12.7. The van der Waals surface area contributed by atoms with Gasteiger partial charge in [-0.05, 0) is 32.3 Å². The Hall–Kier alpha value is -2.17. The Morgan fingerprint density at radius 1 is 1.15 bits per heavy atom. The maximum atomic E-state index is 13.3. The van der Waals surface area contributed by atoms with Crippen molar-refractivity contribution in [3.63, 3.8) is 0 Å². The van der Waals surface area contributed by atoms with Crippen molar-refractivity contribution in [3.05, 3.63) is 40.3 Å². The normalized spacial score (nSPS) is 14.8. The second-order valence-corrected chi connectivity index (χ2v) is 7.16. The van der Waals surface area contributed by atoms with Crippen LogP contribution in [0.4, 0.5) is 0 Å². The molecule has 1 aliphatic carbocycles. The molecule has 5 heteroatoms. The van der Waals surface area contributed by atoms with E-state index in [-0.39, 0.29) is 11.5 Å². The molecular weight excluding hydrogens is 326 g/mol. The molecule has 1 aliphatic rings. The first-order valence-corrected chi connectivity index (χ1v) is 9.98. The summed E-state index contributed by atoms with van der Waals surface area (Å²) in [6, 6.07) is 7.67. The first kappa shape index (κ1) is 18.6. The topological polar surface area (TPSA) is 55.2 Å².